The summed E-state index contributed by atoms with van der Waals surface area (Å²) in [6.07, 6.45) is 9.42. The highest BCUT2D eigenvalue weighted by Gasteiger charge is 2.44. The van der Waals surface area contributed by atoms with Gasteiger partial charge >= 0.3 is 0 Å². The number of benzene rings is 1. The Hall–Kier alpha value is -1.84. The maximum Gasteiger partial charge on any atom is 0.0513 e. The van der Waals surface area contributed by atoms with Crippen LogP contribution in [0.25, 0.3) is 0 Å². The van der Waals surface area contributed by atoms with Crippen LogP contribution in [0.3, 0.4) is 0 Å². The fourth-order valence-electron chi connectivity index (χ4n) is 5.09. The van der Waals surface area contributed by atoms with Crippen LogP contribution in [0, 0.1) is 5.92 Å². The molecule has 0 N–H and O–H groups in total. The van der Waals surface area contributed by atoms with Gasteiger partial charge in [-0.05, 0) is 49.7 Å². The molecule has 4 aliphatic rings. The summed E-state index contributed by atoms with van der Waals surface area (Å²) in [5.74, 6) is 0.608. The van der Waals surface area contributed by atoms with E-state index in [9.17, 15) is 0 Å². The van der Waals surface area contributed by atoms with E-state index in [0.29, 0.717) is 12.0 Å². The maximum atomic E-state index is 2.73. The van der Waals surface area contributed by atoms with Crippen molar-refractivity contribution in [2.24, 2.45) is 5.92 Å². The van der Waals surface area contributed by atoms with Gasteiger partial charge in [-0.3, -0.25) is 4.90 Å². The molecule has 0 unspecified atom stereocenters. The molecule has 0 aromatic heterocycles. The van der Waals surface area contributed by atoms with Crippen LogP contribution >= 0.6 is 0 Å². The molecule has 0 radical (unpaired) electrons. The van der Waals surface area contributed by atoms with Crippen molar-refractivity contribution < 1.29 is 0 Å². The number of para-hydroxylation sites is 1. The van der Waals surface area contributed by atoms with Gasteiger partial charge < -0.3 is 9.80 Å². The summed E-state index contributed by atoms with van der Waals surface area (Å²) < 4.78 is 0. The third kappa shape index (κ3) is 2.41. The second-order valence-electron chi connectivity index (χ2n) is 8.03. The molecular formula is C22H27N3. The van der Waals surface area contributed by atoms with Gasteiger partial charge in [-0.25, -0.2) is 0 Å². The molecule has 0 bridgehead atoms. The molecular weight excluding hydrogens is 306 g/mol. The van der Waals surface area contributed by atoms with E-state index in [4.69, 9.17) is 0 Å². The monoisotopic (exact) mass is 333 g/mol. The highest BCUT2D eigenvalue weighted by atomic mass is 15.3. The van der Waals surface area contributed by atoms with Crippen LogP contribution in [0.2, 0.25) is 0 Å². The van der Waals surface area contributed by atoms with Crippen LogP contribution in [0.5, 0.6) is 0 Å². The zero-order chi connectivity index (χ0) is 17.0. The second-order valence-corrected chi connectivity index (χ2v) is 8.03. The normalized spacial score (nSPS) is 27.3. The molecule has 2 heterocycles. The molecule has 25 heavy (non-hydrogen) atoms. The molecule has 5 rings (SSSR count). The first kappa shape index (κ1) is 15.4. The molecule has 1 aromatic rings. The fraction of sp³-hybridized carbons (Fsp3) is 0.455. The lowest BCUT2D eigenvalue weighted by molar-refractivity contribution is 0.180. The van der Waals surface area contributed by atoms with E-state index >= 15 is 0 Å². The molecule has 0 saturated carbocycles. The fourth-order valence-corrected chi connectivity index (χ4v) is 5.09. The van der Waals surface area contributed by atoms with Crippen LogP contribution in [-0.2, 0) is 6.42 Å². The molecule has 1 aromatic carbocycles. The molecule has 3 nitrogen and oxygen atoms in total. The predicted octanol–water partition coefficient (Wildman–Crippen LogP) is 3.07. The Bertz CT molecular complexity index is 786. The minimum absolute atomic E-state index is 0.575. The number of nitrogens with zero attached hydrogens (tertiary/aromatic N) is 3. The van der Waals surface area contributed by atoms with Gasteiger partial charge in [-0.15, -0.1) is 0 Å². The van der Waals surface area contributed by atoms with Crippen molar-refractivity contribution in [1.29, 1.82) is 0 Å². The third-order valence-electron chi connectivity index (χ3n) is 6.27. The lowest BCUT2D eigenvalue weighted by atomic mass is 9.87. The molecule has 2 atom stereocenters. The van der Waals surface area contributed by atoms with E-state index in [1.54, 1.807) is 16.8 Å². The van der Waals surface area contributed by atoms with E-state index in [2.05, 4.69) is 71.3 Å². The lowest BCUT2D eigenvalue weighted by Gasteiger charge is -2.43. The van der Waals surface area contributed by atoms with E-state index in [1.807, 2.05) is 0 Å². The van der Waals surface area contributed by atoms with Crippen LogP contribution in [0.15, 0.2) is 59.3 Å². The SMILES string of the molecule is CN(C)CCN1CCN2C3=C4C(=CC=C[C@@H]4C[C@H]31)Cc1ccccc12. The molecule has 130 valence electrons. The Labute approximate surface area is 150 Å². The van der Waals surface area contributed by atoms with Gasteiger partial charge in [0.05, 0.1) is 6.04 Å². The number of hydrogen-bond acceptors (Lipinski definition) is 3. The Morgan fingerprint density at radius 3 is 2.92 bits per heavy atom. The smallest absolute Gasteiger partial charge is 0.0513 e. The molecule has 2 aliphatic heterocycles. The Morgan fingerprint density at radius 1 is 1.16 bits per heavy atom. The molecule has 1 fully saturated rings. The number of likely N-dealkylation sites (N-methyl/N-ethyl adjacent to an activating group) is 1. The number of rotatable bonds is 3. The van der Waals surface area contributed by atoms with Crippen LogP contribution in [0.4, 0.5) is 5.69 Å². The first-order valence-corrected chi connectivity index (χ1v) is 9.58. The van der Waals surface area contributed by atoms with Gasteiger partial charge in [0.2, 0.25) is 0 Å². The molecule has 0 amide bonds. The van der Waals surface area contributed by atoms with Crippen molar-refractivity contribution in [1.82, 2.24) is 9.80 Å². The second kappa shape index (κ2) is 5.86. The van der Waals surface area contributed by atoms with E-state index in [-0.39, 0.29) is 0 Å². The minimum atomic E-state index is 0.575. The van der Waals surface area contributed by atoms with Crippen molar-refractivity contribution >= 4 is 5.69 Å². The standard InChI is InChI=1S/C22H27N3/c1-23(2)10-11-24-12-13-25-19-9-4-3-6-16(19)14-17-7-5-8-18-15-20(24)22(25)21(17)18/h3-9,18,20H,10-15H2,1-2H3/t18-,20-/m1/s1. The number of piperazine rings is 1. The number of allylic oxidation sites excluding steroid dienone is 5. The average Bonchev–Trinajstić information content (AvgIpc) is 2.93. The molecule has 0 spiro atoms. The van der Waals surface area contributed by atoms with Crippen molar-refractivity contribution in [2.75, 3.05) is 45.2 Å². The molecule has 3 heteroatoms. The number of anilines is 1. The summed E-state index contributed by atoms with van der Waals surface area (Å²) in [7, 11) is 4.36. The van der Waals surface area contributed by atoms with Gasteiger partial charge in [0.25, 0.3) is 0 Å². The van der Waals surface area contributed by atoms with Crippen LogP contribution < -0.4 is 4.90 Å². The summed E-state index contributed by atoms with van der Waals surface area (Å²) in [4.78, 5) is 7.69. The minimum Gasteiger partial charge on any atom is -0.342 e. The van der Waals surface area contributed by atoms with Crippen molar-refractivity contribution in [3.63, 3.8) is 0 Å². The zero-order valence-electron chi connectivity index (χ0n) is 15.3. The van der Waals surface area contributed by atoms with Crippen molar-refractivity contribution in [3.8, 4) is 0 Å². The predicted molar refractivity (Wildman–Crippen MR) is 104 cm³/mol. The Kier molecular flexibility index (Phi) is 3.61. The average molecular weight is 333 g/mol. The topological polar surface area (TPSA) is 9.72 Å². The molecule has 1 saturated heterocycles. The largest absolute Gasteiger partial charge is 0.342 e. The number of hydrogen-bond donors (Lipinski definition) is 0. The van der Waals surface area contributed by atoms with E-state index in [1.165, 1.54) is 30.8 Å². The van der Waals surface area contributed by atoms with Crippen molar-refractivity contribution in [2.45, 2.75) is 18.9 Å². The Balaban J connectivity index is 1.60. The molecule has 2 aliphatic carbocycles. The van der Waals surface area contributed by atoms with Crippen molar-refractivity contribution in [3.05, 3.63) is 64.9 Å². The third-order valence-corrected chi connectivity index (χ3v) is 6.27. The highest BCUT2D eigenvalue weighted by molar-refractivity contribution is 5.68. The van der Waals surface area contributed by atoms with E-state index in [0.717, 1.165) is 19.5 Å². The zero-order valence-corrected chi connectivity index (χ0v) is 15.3. The van der Waals surface area contributed by atoms with Gasteiger partial charge in [0.15, 0.2) is 0 Å². The first-order chi connectivity index (χ1) is 12.2. The Morgan fingerprint density at radius 2 is 2.04 bits per heavy atom. The van der Waals surface area contributed by atoms with Crippen LogP contribution in [-0.4, -0.2) is 56.1 Å². The number of fused-ring (bicyclic) bond motifs is 2. The summed E-state index contributed by atoms with van der Waals surface area (Å²) in [5, 5.41) is 0. The highest BCUT2D eigenvalue weighted by Crippen LogP contribution is 2.49. The lowest BCUT2D eigenvalue weighted by Crippen LogP contribution is -2.52. The quantitative estimate of drug-likeness (QED) is 0.842. The van der Waals surface area contributed by atoms with Gasteiger partial charge in [-0.1, -0.05) is 36.4 Å². The van der Waals surface area contributed by atoms with Gasteiger partial charge in [-0.2, -0.15) is 0 Å². The first-order valence-electron chi connectivity index (χ1n) is 9.58. The summed E-state index contributed by atoms with van der Waals surface area (Å²) in [6, 6.07) is 9.61. The summed E-state index contributed by atoms with van der Waals surface area (Å²) in [5.41, 5.74) is 7.72. The summed E-state index contributed by atoms with van der Waals surface area (Å²) in [6.45, 7) is 4.58. The maximum absolute atomic E-state index is 2.73. The van der Waals surface area contributed by atoms with Crippen LogP contribution in [0.1, 0.15) is 12.0 Å². The van der Waals surface area contributed by atoms with E-state index < -0.39 is 0 Å². The summed E-state index contributed by atoms with van der Waals surface area (Å²) >= 11 is 0. The van der Waals surface area contributed by atoms with Gasteiger partial charge in [0.1, 0.15) is 0 Å². The van der Waals surface area contributed by atoms with Gasteiger partial charge in [0, 0.05) is 43.5 Å².